The first-order chi connectivity index (χ1) is 9.83. The Labute approximate surface area is 128 Å². The van der Waals surface area contributed by atoms with Crippen molar-refractivity contribution in [3.05, 3.63) is 39.6 Å². The largest absolute Gasteiger partial charge is 0.359 e. The van der Waals surface area contributed by atoms with Crippen LogP contribution >= 0.6 is 27.3 Å². The average molecular weight is 350 g/mol. The molecule has 20 heavy (non-hydrogen) atoms. The molecule has 0 aromatic carbocycles. The first-order valence-electron chi connectivity index (χ1n) is 6.46. The molecule has 102 valence electrons. The highest BCUT2D eigenvalue weighted by Gasteiger charge is 2.34. The summed E-state index contributed by atoms with van der Waals surface area (Å²) < 4.78 is 2.77. The van der Waals surface area contributed by atoms with Crippen LogP contribution in [0.2, 0.25) is 0 Å². The third-order valence-corrected chi connectivity index (χ3v) is 4.93. The lowest BCUT2D eigenvalue weighted by molar-refractivity contribution is 0.670. The summed E-state index contributed by atoms with van der Waals surface area (Å²) in [6, 6.07) is 0.246. The quantitative estimate of drug-likeness (QED) is 0.782. The molecule has 1 saturated carbocycles. The number of thiazole rings is 1. The van der Waals surface area contributed by atoms with Crippen LogP contribution in [-0.2, 0) is 0 Å². The van der Waals surface area contributed by atoms with Gasteiger partial charge in [0.2, 0.25) is 0 Å². The second kappa shape index (κ2) is 4.82. The van der Waals surface area contributed by atoms with Crippen molar-refractivity contribution < 1.29 is 0 Å². The summed E-state index contributed by atoms with van der Waals surface area (Å²) in [5.41, 5.74) is 0.967. The molecule has 1 atom stereocenters. The number of anilines is 1. The van der Waals surface area contributed by atoms with Gasteiger partial charge in [0.25, 0.3) is 0 Å². The third kappa shape index (κ3) is 2.10. The highest BCUT2D eigenvalue weighted by Crippen LogP contribution is 2.43. The Morgan fingerprint density at radius 2 is 2.25 bits per heavy atom. The Morgan fingerprint density at radius 1 is 1.35 bits per heavy atom. The first kappa shape index (κ1) is 12.3. The monoisotopic (exact) mass is 349 g/mol. The molecule has 0 amide bonds. The molecule has 0 aliphatic heterocycles. The number of fused-ring (bicyclic) bond motifs is 1. The summed E-state index contributed by atoms with van der Waals surface area (Å²) in [5.74, 6) is 1.51. The van der Waals surface area contributed by atoms with E-state index in [0.717, 1.165) is 20.8 Å². The second-order valence-corrected chi connectivity index (χ2v) is 6.67. The summed E-state index contributed by atoms with van der Waals surface area (Å²) >= 11 is 5.23. The van der Waals surface area contributed by atoms with Crippen LogP contribution < -0.4 is 5.32 Å². The van der Waals surface area contributed by atoms with Crippen LogP contribution in [0, 0.1) is 5.92 Å². The molecule has 4 rings (SSSR count). The summed E-state index contributed by atoms with van der Waals surface area (Å²) in [6.45, 7) is 0. The van der Waals surface area contributed by atoms with E-state index in [1.807, 2.05) is 22.3 Å². The molecule has 1 unspecified atom stereocenters. The fraction of sp³-hybridized carbons (Fsp3) is 0.308. The van der Waals surface area contributed by atoms with Crippen molar-refractivity contribution in [1.29, 1.82) is 0 Å². The van der Waals surface area contributed by atoms with E-state index in [2.05, 4.69) is 36.3 Å². The van der Waals surface area contributed by atoms with Crippen LogP contribution in [0.1, 0.15) is 23.9 Å². The van der Waals surface area contributed by atoms with Gasteiger partial charge >= 0.3 is 0 Å². The van der Waals surface area contributed by atoms with Crippen molar-refractivity contribution in [3.8, 4) is 0 Å². The number of nitrogens with one attached hydrogen (secondary N) is 1. The average Bonchev–Trinajstić information content (AvgIpc) is 3.01. The zero-order valence-corrected chi connectivity index (χ0v) is 12.9. The fourth-order valence-corrected chi connectivity index (χ4v) is 3.60. The lowest BCUT2D eigenvalue weighted by Gasteiger charge is -2.17. The van der Waals surface area contributed by atoms with Crippen molar-refractivity contribution >= 4 is 38.6 Å². The predicted octanol–water partition coefficient (Wildman–Crippen LogP) is 3.51. The van der Waals surface area contributed by atoms with Gasteiger partial charge in [-0.1, -0.05) is 0 Å². The molecule has 0 bridgehead atoms. The summed E-state index contributed by atoms with van der Waals surface area (Å²) in [7, 11) is 0. The Bertz CT molecular complexity index is 734. The number of halogens is 1. The smallest absolute Gasteiger partial charge is 0.153 e. The number of hydrogen-bond donors (Lipinski definition) is 1. The van der Waals surface area contributed by atoms with Crippen molar-refractivity contribution in [2.45, 2.75) is 18.9 Å². The van der Waals surface area contributed by atoms with Gasteiger partial charge in [-0.2, -0.15) is 5.10 Å². The van der Waals surface area contributed by atoms with Crippen molar-refractivity contribution in [2.75, 3.05) is 5.32 Å². The summed E-state index contributed by atoms with van der Waals surface area (Å²) in [5, 5.41) is 11.0. The molecule has 7 heteroatoms. The topological polar surface area (TPSA) is 55.1 Å². The van der Waals surface area contributed by atoms with Crippen LogP contribution in [0.25, 0.3) is 5.52 Å². The van der Waals surface area contributed by atoms with E-state index in [9.17, 15) is 0 Å². The summed E-state index contributed by atoms with van der Waals surface area (Å²) in [4.78, 5) is 8.93. The first-order valence-corrected chi connectivity index (χ1v) is 8.14. The molecule has 3 aromatic rings. The third-order valence-electron chi connectivity index (χ3n) is 3.49. The van der Waals surface area contributed by atoms with Gasteiger partial charge < -0.3 is 5.32 Å². The van der Waals surface area contributed by atoms with E-state index in [1.165, 1.54) is 12.8 Å². The molecular weight excluding hydrogens is 338 g/mol. The Balaban J connectivity index is 1.74. The minimum Gasteiger partial charge on any atom is -0.359 e. The van der Waals surface area contributed by atoms with Crippen molar-refractivity contribution in [3.63, 3.8) is 0 Å². The molecule has 3 aromatic heterocycles. The van der Waals surface area contributed by atoms with Gasteiger partial charge in [-0.3, -0.25) is 0 Å². The standard InChI is InChI=1S/C13H12BrN5S/c14-9-7-17-19-5-3-15-12(11(9)19)18-10(8-1-2-8)13-16-4-6-20-13/h3-8,10H,1-2H2,(H,15,18). The summed E-state index contributed by atoms with van der Waals surface area (Å²) in [6.07, 6.45) is 9.76. The molecule has 1 fully saturated rings. The van der Waals surface area contributed by atoms with Gasteiger partial charge in [-0.15, -0.1) is 11.3 Å². The van der Waals surface area contributed by atoms with E-state index in [0.29, 0.717) is 5.92 Å². The molecule has 1 N–H and O–H groups in total. The van der Waals surface area contributed by atoms with Gasteiger partial charge in [0, 0.05) is 24.0 Å². The van der Waals surface area contributed by atoms with Crippen molar-refractivity contribution in [1.82, 2.24) is 19.6 Å². The van der Waals surface area contributed by atoms with E-state index in [-0.39, 0.29) is 6.04 Å². The van der Waals surface area contributed by atoms with Gasteiger partial charge in [-0.25, -0.2) is 14.5 Å². The van der Waals surface area contributed by atoms with Gasteiger partial charge in [0.1, 0.15) is 10.5 Å². The molecule has 1 aliphatic carbocycles. The predicted molar refractivity (Wildman–Crippen MR) is 81.9 cm³/mol. The minimum absolute atomic E-state index is 0.246. The van der Waals surface area contributed by atoms with Gasteiger partial charge in [0.15, 0.2) is 5.82 Å². The number of hydrogen-bond acceptors (Lipinski definition) is 5. The molecule has 0 radical (unpaired) electrons. The normalized spacial score (nSPS) is 16.4. The van der Waals surface area contributed by atoms with Crippen LogP contribution in [0.5, 0.6) is 0 Å². The molecule has 3 heterocycles. The molecular formula is C13H12BrN5S. The van der Waals surface area contributed by atoms with E-state index in [4.69, 9.17) is 0 Å². The zero-order chi connectivity index (χ0) is 13.5. The fourth-order valence-electron chi connectivity index (χ4n) is 2.36. The zero-order valence-electron chi connectivity index (χ0n) is 10.5. The Hall–Kier alpha value is -1.47. The maximum atomic E-state index is 4.47. The molecule has 5 nitrogen and oxygen atoms in total. The Morgan fingerprint density at radius 3 is 3.00 bits per heavy atom. The maximum absolute atomic E-state index is 4.47. The molecule has 0 spiro atoms. The number of rotatable bonds is 4. The molecule has 0 saturated heterocycles. The Kier molecular flexibility index (Phi) is 2.96. The van der Waals surface area contributed by atoms with Crippen LogP contribution in [0.3, 0.4) is 0 Å². The molecule has 1 aliphatic rings. The van der Waals surface area contributed by atoms with Gasteiger partial charge in [-0.05, 0) is 34.7 Å². The second-order valence-electron chi connectivity index (χ2n) is 4.89. The van der Waals surface area contributed by atoms with Crippen molar-refractivity contribution in [2.24, 2.45) is 5.92 Å². The van der Waals surface area contributed by atoms with E-state index in [1.54, 1.807) is 23.7 Å². The SMILES string of the molecule is Brc1cnn2ccnc(NC(c3nccs3)C3CC3)c12. The highest BCUT2D eigenvalue weighted by molar-refractivity contribution is 9.10. The van der Waals surface area contributed by atoms with Crippen LogP contribution in [0.15, 0.2) is 34.6 Å². The van der Waals surface area contributed by atoms with E-state index < -0.39 is 0 Å². The highest BCUT2D eigenvalue weighted by atomic mass is 79.9. The van der Waals surface area contributed by atoms with Crippen LogP contribution in [-0.4, -0.2) is 19.6 Å². The minimum atomic E-state index is 0.246. The lowest BCUT2D eigenvalue weighted by atomic mass is 10.2. The van der Waals surface area contributed by atoms with Gasteiger partial charge in [0.05, 0.1) is 16.7 Å². The maximum Gasteiger partial charge on any atom is 0.153 e. The lowest BCUT2D eigenvalue weighted by Crippen LogP contribution is -2.14. The van der Waals surface area contributed by atoms with E-state index >= 15 is 0 Å². The number of aromatic nitrogens is 4. The number of nitrogens with zero attached hydrogens (tertiary/aromatic N) is 4. The van der Waals surface area contributed by atoms with Crippen LogP contribution in [0.4, 0.5) is 5.82 Å².